The third-order valence-electron chi connectivity index (χ3n) is 6.26. The van der Waals surface area contributed by atoms with Crippen molar-refractivity contribution in [2.45, 2.75) is 6.61 Å². The van der Waals surface area contributed by atoms with Gasteiger partial charge in [0.1, 0.15) is 12.2 Å². The second-order valence-electron chi connectivity index (χ2n) is 8.91. The van der Waals surface area contributed by atoms with Crippen LogP contribution in [0.5, 0.6) is 11.5 Å². The zero-order valence-electron chi connectivity index (χ0n) is 21.2. The number of para-hydroxylation sites is 1. The molecule has 0 unspecified atom stereocenters. The second kappa shape index (κ2) is 11.0. The first-order valence-corrected chi connectivity index (χ1v) is 13.5. The minimum absolute atomic E-state index is 0.257. The molecule has 40 heavy (non-hydrogen) atoms. The van der Waals surface area contributed by atoms with Gasteiger partial charge in [-0.05, 0) is 48.0 Å². The van der Waals surface area contributed by atoms with Crippen molar-refractivity contribution < 1.29 is 13.9 Å². The molecule has 6 rings (SSSR count). The zero-order chi connectivity index (χ0) is 27.6. The first-order chi connectivity index (χ1) is 19.5. The smallest absolute Gasteiger partial charge is 0.282 e. The highest BCUT2D eigenvalue weighted by atomic mass is 79.9. The molecule has 9 heteroatoms. The van der Waals surface area contributed by atoms with Crippen molar-refractivity contribution in [3.63, 3.8) is 0 Å². The van der Waals surface area contributed by atoms with Crippen molar-refractivity contribution in [3.8, 4) is 23.1 Å². The molecule has 0 radical (unpaired) electrons. The number of aromatic nitrogens is 2. The summed E-state index contributed by atoms with van der Waals surface area (Å²) in [5.41, 5.74) is 2.36. The fourth-order valence-electron chi connectivity index (χ4n) is 4.36. The lowest BCUT2D eigenvalue weighted by atomic mass is 10.2. The van der Waals surface area contributed by atoms with Gasteiger partial charge in [-0.1, -0.05) is 70.0 Å². The quantitative estimate of drug-likeness (QED) is 0.172. The Kier molecular flexibility index (Phi) is 7.11. The Morgan fingerprint density at radius 2 is 1.82 bits per heavy atom. The molecule has 6 aromatic rings. The molecule has 0 spiro atoms. The van der Waals surface area contributed by atoms with Crippen molar-refractivity contribution in [1.82, 2.24) is 9.66 Å². The summed E-state index contributed by atoms with van der Waals surface area (Å²) >= 11 is 9.89. The number of rotatable bonds is 7. The van der Waals surface area contributed by atoms with Gasteiger partial charge in [-0.25, -0.2) is 4.98 Å². The number of benzene rings is 4. The van der Waals surface area contributed by atoms with Gasteiger partial charge >= 0.3 is 0 Å². The van der Waals surface area contributed by atoms with Crippen molar-refractivity contribution in [1.29, 1.82) is 0 Å². The monoisotopic (exact) mass is 613 g/mol. The number of hydrogen-bond acceptors (Lipinski definition) is 6. The van der Waals surface area contributed by atoms with E-state index < -0.39 is 0 Å². The summed E-state index contributed by atoms with van der Waals surface area (Å²) in [6.45, 7) is 0.303. The summed E-state index contributed by atoms with van der Waals surface area (Å²) in [5, 5.41) is 6.29. The summed E-state index contributed by atoms with van der Waals surface area (Å²) < 4.78 is 19.9. The topological polar surface area (TPSA) is 78.9 Å². The predicted molar refractivity (Wildman–Crippen MR) is 161 cm³/mol. The lowest BCUT2D eigenvalue weighted by molar-refractivity contribution is 0.284. The molecule has 0 aliphatic rings. The van der Waals surface area contributed by atoms with Gasteiger partial charge in [0.2, 0.25) is 5.82 Å². The van der Waals surface area contributed by atoms with E-state index in [0.717, 1.165) is 15.4 Å². The molecule has 2 aromatic heterocycles. The molecule has 0 saturated heterocycles. The van der Waals surface area contributed by atoms with E-state index in [2.05, 4.69) is 21.0 Å². The predicted octanol–water partition coefficient (Wildman–Crippen LogP) is 7.70. The van der Waals surface area contributed by atoms with E-state index in [0.29, 0.717) is 50.9 Å². The van der Waals surface area contributed by atoms with E-state index in [1.165, 1.54) is 18.0 Å². The number of hydrogen-bond donors (Lipinski definition) is 0. The van der Waals surface area contributed by atoms with Crippen molar-refractivity contribution in [3.05, 3.63) is 122 Å². The van der Waals surface area contributed by atoms with Gasteiger partial charge < -0.3 is 13.9 Å². The third kappa shape index (κ3) is 5.11. The lowest BCUT2D eigenvalue weighted by Crippen LogP contribution is -2.20. The maximum atomic E-state index is 13.7. The Morgan fingerprint density at radius 3 is 2.65 bits per heavy atom. The van der Waals surface area contributed by atoms with Crippen LogP contribution in [0.1, 0.15) is 11.1 Å². The average molecular weight is 615 g/mol. The lowest BCUT2D eigenvalue weighted by Gasteiger charge is -2.14. The van der Waals surface area contributed by atoms with Crippen LogP contribution in [-0.2, 0) is 6.61 Å². The first kappa shape index (κ1) is 25.9. The van der Waals surface area contributed by atoms with Gasteiger partial charge in [0.05, 0.1) is 24.2 Å². The molecule has 0 amide bonds. The molecule has 0 fully saturated rings. The summed E-state index contributed by atoms with van der Waals surface area (Å²) in [6.07, 6.45) is 1.51. The molecule has 4 aromatic carbocycles. The highest BCUT2D eigenvalue weighted by Gasteiger charge is 2.18. The highest BCUT2D eigenvalue weighted by Crippen LogP contribution is 2.35. The number of nitrogens with zero attached hydrogens (tertiary/aromatic N) is 3. The molecular weight excluding hydrogens is 594 g/mol. The Bertz CT molecular complexity index is 1950. The fourth-order valence-corrected chi connectivity index (χ4v) is 4.95. The van der Waals surface area contributed by atoms with E-state index in [9.17, 15) is 4.79 Å². The Morgan fingerprint density at radius 1 is 1.02 bits per heavy atom. The summed E-state index contributed by atoms with van der Waals surface area (Å²) in [6, 6.07) is 27.7. The Labute approximate surface area is 242 Å². The van der Waals surface area contributed by atoms with Crippen LogP contribution in [0.4, 0.5) is 0 Å². The van der Waals surface area contributed by atoms with Gasteiger partial charge in [-0.2, -0.15) is 9.78 Å². The number of ether oxygens (including phenoxy) is 2. The molecule has 0 aliphatic heterocycles. The van der Waals surface area contributed by atoms with Gasteiger partial charge in [-0.3, -0.25) is 4.79 Å². The molecule has 0 saturated carbocycles. The minimum atomic E-state index is -0.348. The number of furan rings is 1. The van der Waals surface area contributed by atoms with Crippen LogP contribution in [0.2, 0.25) is 5.02 Å². The summed E-state index contributed by atoms with van der Waals surface area (Å²) in [4.78, 5) is 18.4. The van der Waals surface area contributed by atoms with Gasteiger partial charge in [0.15, 0.2) is 17.3 Å². The molecule has 0 N–H and O–H groups in total. The van der Waals surface area contributed by atoms with E-state index >= 15 is 0 Å². The molecule has 0 aliphatic carbocycles. The molecule has 2 heterocycles. The van der Waals surface area contributed by atoms with Crippen LogP contribution in [0.25, 0.3) is 33.5 Å². The minimum Gasteiger partial charge on any atom is -0.493 e. The van der Waals surface area contributed by atoms with Crippen molar-refractivity contribution >= 4 is 55.6 Å². The van der Waals surface area contributed by atoms with Gasteiger partial charge in [0.25, 0.3) is 5.56 Å². The average Bonchev–Trinajstić information content (AvgIpc) is 3.39. The standard InChI is InChI=1S/C31H21BrClN3O4/c1-38-27-16-23(33)14-21(29(27)39-18-19-7-3-2-4-8-19)17-34-36-30(35-25-10-6-5-9-24(25)31(36)37)28-15-20-13-22(32)11-12-26(20)40-28/h2-17H,18H2,1H3. The van der Waals surface area contributed by atoms with Crippen LogP contribution in [0.15, 0.2) is 110 Å². The molecule has 0 atom stereocenters. The molecule has 198 valence electrons. The summed E-state index contributed by atoms with van der Waals surface area (Å²) in [7, 11) is 1.54. The number of methoxy groups -OCH3 is 1. The molecule has 0 bridgehead atoms. The zero-order valence-corrected chi connectivity index (χ0v) is 23.5. The maximum Gasteiger partial charge on any atom is 0.282 e. The van der Waals surface area contributed by atoms with Crippen LogP contribution < -0.4 is 15.0 Å². The SMILES string of the molecule is COc1cc(Cl)cc(C=Nn2c(-c3cc4cc(Br)ccc4o3)nc3ccccc3c2=O)c1OCc1ccccc1. The first-order valence-electron chi connectivity index (χ1n) is 12.3. The van der Waals surface area contributed by atoms with Crippen LogP contribution in [0.3, 0.4) is 0 Å². The highest BCUT2D eigenvalue weighted by molar-refractivity contribution is 9.10. The Hall–Kier alpha value is -4.40. The molecule has 7 nitrogen and oxygen atoms in total. The normalized spacial score (nSPS) is 11.5. The summed E-state index contributed by atoms with van der Waals surface area (Å²) in [5.74, 6) is 1.54. The third-order valence-corrected chi connectivity index (χ3v) is 6.97. The van der Waals surface area contributed by atoms with Crippen LogP contribution >= 0.6 is 27.5 Å². The second-order valence-corrected chi connectivity index (χ2v) is 10.3. The maximum absolute atomic E-state index is 13.7. The Balaban J connectivity index is 1.49. The van der Waals surface area contributed by atoms with Gasteiger partial charge in [0, 0.05) is 26.5 Å². The van der Waals surface area contributed by atoms with Gasteiger partial charge in [-0.15, -0.1) is 0 Å². The van der Waals surface area contributed by atoms with E-state index in [1.807, 2.05) is 60.7 Å². The van der Waals surface area contributed by atoms with E-state index in [1.54, 1.807) is 30.3 Å². The van der Waals surface area contributed by atoms with E-state index in [-0.39, 0.29) is 11.4 Å². The largest absolute Gasteiger partial charge is 0.493 e. The van der Waals surface area contributed by atoms with Crippen LogP contribution in [0, 0.1) is 0 Å². The van der Waals surface area contributed by atoms with E-state index in [4.69, 9.17) is 30.5 Å². The van der Waals surface area contributed by atoms with Crippen molar-refractivity contribution in [2.75, 3.05) is 7.11 Å². The number of fused-ring (bicyclic) bond motifs is 2. The number of halogens is 2. The van der Waals surface area contributed by atoms with Crippen molar-refractivity contribution in [2.24, 2.45) is 5.10 Å². The molecular formula is C31H21BrClN3O4. The van der Waals surface area contributed by atoms with Crippen LogP contribution in [-0.4, -0.2) is 23.0 Å². The fraction of sp³-hybridized carbons (Fsp3) is 0.0645.